The van der Waals surface area contributed by atoms with Gasteiger partial charge in [-0.2, -0.15) is 0 Å². The van der Waals surface area contributed by atoms with Crippen LogP contribution in [-0.4, -0.2) is 43.7 Å². The summed E-state index contributed by atoms with van der Waals surface area (Å²) >= 11 is 0. The number of fused-ring (bicyclic) bond motifs is 2. The van der Waals surface area contributed by atoms with Gasteiger partial charge in [-0.05, 0) is 44.9 Å². The third kappa shape index (κ3) is 3.42. The molecule has 1 saturated heterocycles. The van der Waals surface area contributed by atoms with Crippen molar-refractivity contribution in [3.05, 3.63) is 35.9 Å². The van der Waals surface area contributed by atoms with E-state index in [1.807, 2.05) is 24.3 Å². The van der Waals surface area contributed by atoms with Gasteiger partial charge in [-0.15, -0.1) is 0 Å². The molecule has 4 rings (SSSR count). The summed E-state index contributed by atoms with van der Waals surface area (Å²) < 4.78 is 22.6. The lowest BCUT2D eigenvalue weighted by molar-refractivity contribution is -0.131. The van der Waals surface area contributed by atoms with Gasteiger partial charge in [-0.3, -0.25) is 4.79 Å². The number of rotatable bonds is 1. The summed E-state index contributed by atoms with van der Waals surface area (Å²) in [4.78, 5) is 27.2. The minimum atomic E-state index is -0.719. The number of benzene rings is 1. The molecular formula is C22H27NO6. The summed E-state index contributed by atoms with van der Waals surface area (Å²) in [5.74, 6) is -0.553. The average molecular weight is 401 g/mol. The van der Waals surface area contributed by atoms with E-state index in [0.29, 0.717) is 37.5 Å². The summed E-state index contributed by atoms with van der Waals surface area (Å²) in [6.07, 6.45) is 4.70. The molecule has 7 nitrogen and oxygen atoms in total. The van der Waals surface area contributed by atoms with Gasteiger partial charge in [-0.1, -0.05) is 18.2 Å². The van der Waals surface area contributed by atoms with Crippen LogP contribution in [0.25, 0.3) is 0 Å². The van der Waals surface area contributed by atoms with Crippen LogP contribution in [0.15, 0.2) is 30.4 Å². The minimum Gasteiger partial charge on any atom is -0.495 e. The van der Waals surface area contributed by atoms with E-state index in [1.165, 1.54) is 7.11 Å². The van der Waals surface area contributed by atoms with E-state index in [0.717, 1.165) is 10.5 Å². The van der Waals surface area contributed by atoms with Gasteiger partial charge in [0, 0.05) is 18.3 Å². The zero-order valence-electron chi connectivity index (χ0n) is 17.3. The smallest absolute Gasteiger partial charge is 0.421 e. The molecule has 156 valence electrons. The highest BCUT2D eigenvalue weighted by atomic mass is 16.7. The van der Waals surface area contributed by atoms with Crippen LogP contribution in [0.2, 0.25) is 0 Å². The Morgan fingerprint density at radius 1 is 1.14 bits per heavy atom. The molecule has 0 radical (unpaired) electrons. The predicted octanol–water partition coefficient (Wildman–Crippen LogP) is 3.70. The fourth-order valence-corrected chi connectivity index (χ4v) is 4.32. The van der Waals surface area contributed by atoms with E-state index in [2.05, 4.69) is 0 Å². The number of imide groups is 1. The van der Waals surface area contributed by atoms with Crippen LogP contribution >= 0.6 is 0 Å². The predicted molar refractivity (Wildman–Crippen MR) is 106 cm³/mol. The maximum absolute atomic E-state index is 13.2. The van der Waals surface area contributed by atoms with Crippen molar-refractivity contribution in [1.29, 1.82) is 0 Å². The zero-order valence-corrected chi connectivity index (χ0v) is 17.3. The Morgan fingerprint density at radius 2 is 1.86 bits per heavy atom. The molecule has 2 amide bonds. The fraction of sp³-hybridized carbons (Fsp3) is 0.545. The van der Waals surface area contributed by atoms with Crippen molar-refractivity contribution in [2.45, 2.75) is 56.8 Å². The van der Waals surface area contributed by atoms with Gasteiger partial charge in [0.25, 0.3) is 0 Å². The van der Waals surface area contributed by atoms with E-state index in [1.54, 1.807) is 26.8 Å². The number of nitrogens with zero attached hydrogens (tertiary/aromatic N) is 1. The molecule has 2 spiro atoms. The quantitative estimate of drug-likeness (QED) is 0.668. The lowest BCUT2D eigenvalue weighted by Crippen LogP contribution is -2.50. The first-order valence-electron chi connectivity index (χ1n) is 9.90. The molecule has 3 aliphatic rings. The van der Waals surface area contributed by atoms with E-state index in [4.69, 9.17) is 18.9 Å². The lowest BCUT2D eigenvalue weighted by Gasteiger charge is -2.44. The topological polar surface area (TPSA) is 74.3 Å². The van der Waals surface area contributed by atoms with Crippen molar-refractivity contribution in [2.24, 2.45) is 0 Å². The van der Waals surface area contributed by atoms with E-state index < -0.39 is 22.9 Å². The Labute approximate surface area is 170 Å². The first-order chi connectivity index (χ1) is 13.7. The molecule has 0 saturated carbocycles. The summed E-state index contributed by atoms with van der Waals surface area (Å²) in [5, 5.41) is 0. The van der Waals surface area contributed by atoms with Crippen molar-refractivity contribution in [2.75, 3.05) is 25.2 Å². The molecule has 1 aromatic rings. The molecular weight excluding hydrogens is 374 g/mol. The first kappa shape index (κ1) is 19.9. The Morgan fingerprint density at radius 3 is 2.45 bits per heavy atom. The van der Waals surface area contributed by atoms with Gasteiger partial charge in [0.2, 0.25) is 5.91 Å². The van der Waals surface area contributed by atoms with Crippen LogP contribution in [-0.2, 0) is 24.4 Å². The van der Waals surface area contributed by atoms with Crippen LogP contribution in [0.3, 0.4) is 0 Å². The molecule has 1 aromatic carbocycles. The minimum absolute atomic E-state index is 0.166. The van der Waals surface area contributed by atoms with E-state index >= 15 is 0 Å². The summed E-state index contributed by atoms with van der Waals surface area (Å²) in [6, 6.07) is 5.57. The SMILES string of the molecule is COc1cccc2c1N(C(=O)OC(C)(C)C)C(=O)CC21C=CC2(CC1)OCCO2. The highest BCUT2D eigenvalue weighted by Crippen LogP contribution is 2.52. The van der Waals surface area contributed by atoms with Crippen molar-refractivity contribution < 1.29 is 28.5 Å². The summed E-state index contributed by atoms with van der Waals surface area (Å²) in [5.41, 5.74) is 0.0592. The van der Waals surface area contributed by atoms with Gasteiger partial charge in [0.15, 0.2) is 5.79 Å². The summed E-state index contributed by atoms with van der Waals surface area (Å²) in [7, 11) is 1.53. The Hall–Kier alpha value is -2.38. The van der Waals surface area contributed by atoms with Gasteiger partial charge in [0.1, 0.15) is 17.0 Å². The zero-order chi connectivity index (χ0) is 20.9. The average Bonchev–Trinajstić information content (AvgIpc) is 3.11. The van der Waals surface area contributed by atoms with Gasteiger partial charge in [-0.25, -0.2) is 9.69 Å². The molecule has 29 heavy (non-hydrogen) atoms. The number of ether oxygens (including phenoxy) is 4. The lowest BCUT2D eigenvalue weighted by atomic mass is 9.67. The number of carbonyl (C=O) groups excluding carboxylic acids is 2. The van der Waals surface area contributed by atoms with Crippen molar-refractivity contribution >= 4 is 17.7 Å². The number of anilines is 1. The molecule has 1 unspecified atom stereocenters. The number of allylic oxidation sites excluding steroid dienone is 1. The molecule has 2 aliphatic heterocycles. The number of amides is 2. The second-order valence-electron chi connectivity index (χ2n) is 8.74. The van der Waals surface area contributed by atoms with Crippen LogP contribution < -0.4 is 9.64 Å². The maximum atomic E-state index is 13.2. The van der Waals surface area contributed by atoms with Crippen LogP contribution in [0.4, 0.5) is 10.5 Å². The molecule has 2 heterocycles. The second-order valence-corrected chi connectivity index (χ2v) is 8.74. The van der Waals surface area contributed by atoms with E-state index in [9.17, 15) is 9.59 Å². The molecule has 0 N–H and O–H groups in total. The number of para-hydroxylation sites is 1. The number of hydrogen-bond donors (Lipinski definition) is 0. The molecule has 1 atom stereocenters. The Kier molecular flexibility index (Phi) is 4.70. The van der Waals surface area contributed by atoms with Crippen LogP contribution in [0.1, 0.15) is 45.6 Å². The molecule has 1 fully saturated rings. The Balaban J connectivity index is 1.80. The van der Waals surface area contributed by atoms with Gasteiger partial charge >= 0.3 is 6.09 Å². The number of carbonyl (C=O) groups is 2. The monoisotopic (exact) mass is 401 g/mol. The fourth-order valence-electron chi connectivity index (χ4n) is 4.32. The van der Waals surface area contributed by atoms with Crippen LogP contribution in [0.5, 0.6) is 5.75 Å². The van der Waals surface area contributed by atoms with Gasteiger partial charge in [0.05, 0.1) is 20.3 Å². The third-order valence-electron chi connectivity index (χ3n) is 5.62. The number of hydrogen-bond acceptors (Lipinski definition) is 6. The van der Waals surface area contributed by atoms with Crippen molar-refractivity contribution in [1.82, 2.24) is 0 Å². The molecule has 0 bridgehead atoms. The van der Waals surface area contributed by atoms with Crippen molar-refractivity contribution in [3.63, 3.8) is 0 Å². The van der Waals surface area contributed by atoms with Crippen LogP contribution in [0, 0.1) is 0 Å². The maximum Gasteiger partial charge on any atom is 0.421 e. The van der Waals surface area contributed by atoms with E-state index in [-0.39, 0.29) is 12.3 Å². The highest BCUT2D eigenvalue weighted by Gasteiger charge is 2.50. The summed E-state index contributed by atoms with van der Waals surface area (Å²) in [6.45, 7) is 6.44. The standard InChI is InChI=1S/C22H27NO6/c1-20(2,3)29-19(25)23-17(24)14-21(15-6-5-7-16(26-4)18(15)23)8-10-22(11-9-21)27-12-13-28-22/h5-8,10H,9,11-14H2,1-4H3. The molecule has 7 heteroatoms. The van der Waals surface area contributed by atoms with Gasteiger partial charge < -0.3 is 18.9 Å². The second kappa shape index (κ2) is 6.85. The molecule has 1 aliphatic carbocycles. The third-order valence-corrected chi connectivity index (χ3v) is 5.62. The highest BCUT2D eigenvalue weighted by molar-refractivity contribution is 6.16. The normalized spacial score (nSPS) is 25.4. The molecule has 0 aromatic heterocycles. The van der Waals surface area contributed by atoms with Crippen molar-refractivity contribution in [3.8, 4) is 5.75 Å². The first-order valence-corrected chi connectivity index (χ1v) is 9.90. The number of methoxy groups -OCH3 is 1. The Bertz CT molecular complexity index is 865. The largest absolute Gasteiger partial charge is 0.495 e.